The lowest BCUT2D eigenvalue weighted by Gasteiger charge is -2.13. The van der Waals surface area contributed by atoms with E-state index in [0.29, 0.717) is 46.8 Å². The van der Waals surface area contributed by atoms with Crippen molar-refractivity contribution in [2.75, 3.05) is 24.9 Å². The quantitative estimate of drug-likeness (QED) is 0.278. The van der Waals surface area contributed by atoms with Crippen molar-refractivity contribution in [3.05, 3.63) is 90.4 Å². The summed E-state index contributed by atoms with van der Waals surface area (Å²) >= 11 is 0. The maximum absolute atomic E-state index is 12.5. The number of carbonyl (C=O) groups is 1. The summed E-state index contributed by atoms with van der Waals surface area (Å²) in [5, 5.41) is 9.71. The standard InChI is InChI=1S/C28H26N6O4/c1-18-6-4-5-7-22(18)26-32-27(38-33-26)24-16-34(17-29-24)15-19-8-10-20(11-9-19)30-28(35)31-23-14-21(36-2)12-13-25(23)37-3/h4-14,16-17H,15H2,1-3H3,(H2,30,31,35). The van der Waals surface area contributed by atoms with E-state index in [-0.39, 0.29) is 0 Å². The minimum atomic E-state index is -0.395. The molecule has 2 N–H and O–H groups in total. The van der Waals surface area contributed by atoms with Gasteiger partial charge in [-0.1, -0.05) is 41.6 Å². The predicted molar refractivity (Wildman–Crippen MR) is 143 cm³/mol. The molecule has 5 aromatic rings. The number of amides is 2. The Hall–Kier alpha value is -5.12. The normalized spacial score (nSPS) is 10.7. The first kappa shape index (κ1) is 24.6. The number of anilines is 2. The third-order valence-electron chi connectivity index (χ3n) is 5.90. The van der Waals surface area contributed by atoms with Crippen molar-refractivity contribution >= 4 is 17.4 Å². The van der Waals surface area contributed by atoms with Gasteiger partial charge in [-0.2, -0.15) is 4.98 Å². The topological polar surface area (TPSA) is 116 Å². The molecule has 0 spiro atoms. The van der Waals surface area contributed by atoms with Gasteiger partial charge in [-0.25, -0.2) is 9.78 Å². The maximum Gasteiger partial charge on any atom is 0.323 e. The van der Waals surface area contributed by atoms with Gasteiger partial charge in [0.05, 0.1) is 26.2 Å². The molecule has 10 heteroatoms. The molecule has 0 saturated heterocycles. The van der Waals surface area contributed by atoms with Crippen LogP contribution in [0.25, 0.3) is 23.0 Å². The molecule has 0 aliphatic rings. The van der Waals surface area contributed by atoms with Gasteiger partial charge < -0.3 is 29.2 Å². The third-order valence-corrected chi connectivity index (χ3v) is 5.90. The van der Waals surface area contributed by atoms with E-state index >= 15 is 0 Å². The number of nitrogens with zero attached hydrogens (tertiary/aromatic N) is 4. The van der Waals surface area contributed by atoms with Crippen LogP contribution < -0.4 is 20.1 Å². The van der Waals surface area contributed by atoms with Gasteiger partial charge in [0.25, 0.3) is 5.89 Å². The van der Waals surface area contributed by atoms with Gasteiger partial charge in [-0.3, -0.25) is 0 Å². The first-order valence-electron chi connectivity index (χ1n) is 11.8. The van der Waals surface area contributed by atoms with Crippen molar-refractivity contribution in [2.24, 2.45) is 0 Å². The van der Waals surface area contributed by atoms with Crippen molar-refractivity contribution in [3.8, 4) is 34.5 Å². The SMILES string of the molecule is COc1ccc(OC)c(NC(=O)Nc2ccc(Cn3cnc(-c4nc(-c5ccccc5C)no4)c3)cc2)c1. The second kappa shape index (κ2) is 10.9. The highest BCUT2D eigenvalue weighted by Crippen LogP contribution is 2.29. The number of hydrogen-bond donors (Lipinski definition) is 2. The Morgan fingerprint density at radius 1 is 1.00 bits per heavy atom. The van der Waals surface area contributed by atoms with Gasteiger partial charge in [-0.05, 0) is 42.3 Å². The minimum Gasteiger partial charge on any atom is -0.497 e. The number of imidazole rings is 1. The Kier molecular flexibility index (Phi) is 7.03. The molecular weight excluding hydrogens is 484 g/mol. The molecule has 0 atom stereocenters. The number of aryl methyl sites for hydroxylation is 1. The zero-order chi connectivity index (χ0) is 26.5. The highest BCUT2D eigenvalue weighted by atomic mass is 16.5. The molecule has 10 nitrogen and oxygen atoms in total. The van der Waals surface area contributed by atoms with Crippen LogP contribution in [-0.2, 0) is 6.54 Å². The lowest BCUT2D eigenvalue weighted by molar-refractivity contribution is 0.262. The largest absolute Gasteiger partial charge is 0.497 e. The molecule has 0 saturated carbocycles. The number of rotatable bonds is 8. The highest BCUT2D eigenvalue weighted by Gasteiger charge is 2.14. The Balaban J connectivity index is 1.20. The fraction of sp³-hybridized carbons (Fsp3) is 0.143. The average molecular weight is 511 g/mol. The van der Waals surface area contributed by atoms with E-state index in [2.05, 4.69) is 25.8 Å². The van der Waals surface area contributed by atoms with Crippen LogP contribution in [-0.4, -0.2) is 39.9 Å². The Morgan fingerprint density at radius 2 is 1.82 bits per heavy atom. The van der Waals surface area contributed by atoms with Crippen LogP contribution in [0.1, 0.15) is 11.1 Å². The van der Waals surface area contributed by atoms with Gasteiger partial charge in [0.15, 0.2) is 0 Å². The number of nitrogens with one attached hydrogen (secondary N) is 2. The average Bonchev–Trinajstić information content (AvgIpc) is 3.60. The highest BCUT2D eigenvalue weighted by molar-refractivity contribution is 6.00. The molecule has 38 heavy (non-hydrogen) atoms. The Morgan fingerprint density at radius 3 is 2.58 bits per heavy atom. The number of methoxy groups -OCH3 is 2. The molecule has 2 amide bonds. The monoisotopic (exact) mass is 510 g/mol. The predicted octanol–water partition coefficient (Wildman–Crippen LogP) is 5.62. The molecule has 0 bridgehead atoms. The maximum atomic E-state index is 12.5. The van der Waals surface area contributed by atoms with E-state index in [1.807, 2.05) is 66.2 Å². The van der Waals surface area contributed by atoms with Crippen LogP contribution in [0.4, 0.5) is 16.2 Å². The molecule has 0 unspecified atom stereocenters. The van der Waals surface area contributed by atoms with Gasteiger partial charge in [0.2, 0.25) is 5.82 Å². The van der Waals surface area contributed by atoms with E-state index < -0.39 is 6.03 Å². The third kappa shape index (κ3) is 5.49. The second-order valence-electron chi connectivity index (χ2n) is 8.51. The van der Waals surface area contributed by atoms with Gasteiger partial charge in [0, 0.05) is 30.1 Å². The summed E-state index contributed by atoms with van der Waals surface area (Å²) in [6.45, 7) is 2.59. The van der Waals surface area contributed by atoms with E-state index in [4.69, 9.17) is 14.0 Å². The lowest BCUT2D eigenvalue weighted by Crippen LogP contribution is -2.19. The zero-order valence-electron chi connectivity index (χ0n) is 21.1. The summed E-state index contributed by atoms with van der Waals surface area (Å²) in [5.74, 6) is 2.03. The van der Waals surface area contributed by atoms with Gasteiger partial charge in [-0.15, -0.1) is 0 Å². The summed E-state index contributed by atoms with van der Waals surface area (Å²) in [5.41, 5.74) is 4.77. The first-order chi connectivity index (χ1) is 18.5. The van der Waals surface area contributed by atoms with Crippen LogP contribution in [0.3, 0.4) is 0 Å². The van der Waals surface area contributed by atoms with Crippen LogP contribution in [0, 0.1) is 6.92 Å². The fourth-order valence-corrected chi connectivity index (χ4v) is 3.92. The van der Waals surface area contributed by atoms with Crippen LogP contribution in [0.5, 0.6) is 11.5 Å². The van der Waals surface area contributed by atoms with Crippen LogP contribution in [0.15, 0.2) is 83.8 Å². The van der Waals surface area contributed by atoms with Crippen molar-refractivity contribution in [1.29, 1.82) is 0 Å². The van der Waals surface area contributed by atoms with E-state index in [0.717, 1.165) is 16.7 Å². The first-order valence-corrected chi connectivity index (χ1v) is 11.8. The van der Waals surface area contributed by atoms with Crippen molar-refractivity contribution in [1.82, 2.24) is 19.7 Å². The van der Waals surface area contributed by atoms with Crippen LogP contribution in [0.2, 0.25) is 0 Å². The second-order valence-corrected chi connectivity index (χ2v) is 8.51. The van der Waals surface area contributed by atoms with Crippen molar-refractivity contribution in [3.63, 3.8) is 0 Å². The van der Waals surface area contributed by atoms with Crippen molar-refractivity contribution < 1.29 is 18.8 Å². The molecular formula is C28H26N6O4. The molecule has 3 aromatic carbocycles. The molecule has 2 aromatic heterocycles. The smallest absolute Gasteiger partial charge is 0.323 e. The Bertz CT molecular complexity index is 1560. The molecule has 0 aliphatic carbocycles. The van der Waals surface area contributed by atoms with E-state index in [1.165, 1.54) is 7.11 Å². The van der Waals surface area contributed by atoms with Gasteiger partial charge >= 0.3 is 6.03 Å². The molecule has 0 radical (unpaired) electrons. The minimum absolute atomic E-state index is 0.361. The Labute approximate surface area is 219 Å². The molecule has 0 fully saturated rings. The number of carbonyl (C=O) groups excluding carboxylic acids is 1. The number of hydrogen-bond acceptors (Lipinski definition) is 7. The van der Waals surface area contributed by atoms with Crippen molar-refractivity contribution in [2.45, 2.75) is 13.5 Å². The summed E-state index contributed by atoms with van der Waals surface area (Å²) < 4.78 is 17.9. The molecule has 5 rings (SSSR count). The molecule has 192 valence electrons. The number of urea groups is 1. The number of benzene rings is 3. The number of ether oxygens (including phenoxy) is 2. The summed E-state index contributed by atoms with van der Waals surface area (Å²) in [6.07, 6.45) is 3.57. The summed E-state index contributed by atoms with van der Waals surface area (Å²) in [4.78, 5) is 21.4. The summed E-state index contributed by atoms with van der Waals surface area (Å²) in [7, 11) is 3.10. The fourth-order valence-electron chi connectivity index (χ4n) is 3.92. The molecule has 0 aliphatic heterocycles. The lowest BCUT2D eigenvalue weighted by atomic mass is 10.1. The van der Waals surface area contributed by atoms with E-state index in [1.54, 1.807) is 31.6 Å². The number of aromatic nitrogens is 4. The van der Waals surface area contributed by atoms with Gasteiger partial charge in [0.1, 0.15) is 17.2 Å². The van der Waals surface area contributed by atoms with E-state index in [9.17, 15) is 4.79 Å². The zero-order valence-corrected chi connectivity index (χ0v) is 21.1. The molecule has 2 heterocycles. The van der Waals surface area contributed by atoms with Crippen LogP contribution >= 0.6 is 0 Å². The summed E-state index contributed by atoms with van der Waals surface area (Å²) in [6, 6.07) is 20.2.